The van der Waals surface area contributed by atoms with Crippen LogP contribution in [-0.2, 0) is 17.8 Å². The number of ether oxygens (including phenoxy) is 1. The van der Waals surface area contributed by atoms with Crippen molar-refractivity contribution in [2.45, 2.75) is 37.8 Å². The molecule has 0 unspecified atom stereocenters. The van der Waals surface area contributed by atoms with E-state index in [-0.39, 0.29) is 18.3 Å². The molecule has 3 rings (SSSR count). The molecule has 2 aromatic rings. The van der Waals surface area contributed by atoms with Crippen LogP contribution in [0, 0.1) is 0 Å². The Labute approximate surface area is 155 Å². The molecule has 1 aliphatic rings. The second kappa shape index (κ2) is 8.88. The van der Waals surface area contributed by atoms with Crippen molar-refractivity contribution in [2.24, 2.45) is 5.73 Å². The maximum atomic E-state index is 12.0. The van der Waals surface area contributed by atoms with Crippen molar-refractivity contribution in [2.75, 3.05) is 6.54 Å². The van der Waals surface area contributed by atoms with Crippen molar-refractivity contribution in [3.8, 4) is 5.75 Å². The van der Waals surface area contributed by atoms with Crippen molar-refractivity contribution < 1.29 is 9.53 Å². The van der Waals surface area contributed by atoms with Crippen molar-refractivity contribution in [1.82, 2.24) is 5.32 Å². The molecular weight excluding hydrogens is 336 g/mol. The summed E-state index contributed by atoms with van der Waals surface area (Å²) < 4.78 is 5.77. The van der Waals surface area contributed by atoms with E-state index in [0.29, 0.717) is 13.2 Å². The molecule has 1 saturated carbocycles. The van der Waals surface area contributed by atoms with Gasteiger partial charge in [-0.2, -0.15) is 0 Å². The van der Waals surface area contributed by atoms with Crippen LogP contribution in [0.1, 0.15) is 30.4 Å². The molecule has 5 heteroatoms. The Hall–Kier alpha value is -2.04. The van der Waals surface area contributed by atoms with Crippen molar-refractivity contribution in [1.29, 1.82) is 0 Å². The van der Waals surface area contributed by atoms with E-state index in [1.807, 2.05) is 54.6 Å². The first-order valence-corrected chi connectivity index (χ1v) is 8.49. The zero-order valence-electron chi connectivity index (χ0n) is 14.2. The fourth-order valence-corrected chi connectivity index (χ4v) is 2.77. The number of nitrogens with two attached hydrogens (primary N) is 1. The normalized spacial score (nSPS) is 14.8. The van der Waals surface area contributed by atoms with E-state index in [2.05, 4.69) is 5.32 Å². The molecule has 0 saturated heterocycles. The Morgan fingerprint density at radius 3 is 2.32 bits per heavy atom. The molecular formula is C20H25ClN2O2. The van der Waals surface area contributed by atoms with E-state index in [9.17, 15) is 4.79 Å². The standard InChI is InChI=1S/C20H24N2O2.ClH/c21-20(12-4-13-20)19(23)22-14-11-16-7-9-18(10-8-16)24-15-17-5-2-1-3-6-17;/h1-3,5-10H,4,11-15,21H2,(H,22,23);1H. The lowest BCUT2D eigenvalue weighted by Crippen LogP contribution is -2.58. The van der Waals surface area contributed by atoms with Gasteiger partial charge in [-0.25, -0.2) is 0 Å². The number of hydrogen-bond acceptors (Lipinski definition) is 3. The van der Waals surface area contributed by atoms with E-state index in [1.165, 1.54) is 5.56 Å². The Bertz CT molecular complexity index is 670. The summed E-state index contributed by atoms with van der Waals surface area (Å²) in [6, 6.07) is 18.1. The third-order valence-corrected chi connectivity index (χ3v) is 4.57. The van der Waals surface area contributed by atoms with Crippen molar-refractivity contribution in [3.63, 3.8) is 0 Å². The fraction of sp³-hybridized carbons (Fsp3) is 0.350. The lowest BCUT2D eigenvalue weighted by atomic mass is 9.77. The third kappa shape index (κ3) is 5.21. The van der Waals surface area contributed by atoms with Gasteiger partial charge in [0.05, 0.1) is 5.54 Å². The summed E-state index contributed by atoms with van der Waals surface area (Å²) in [6.45, 7) is 1.18. The average Bonchev–Trinajstić information content (AvgIpc) is 2.59. The topological polar surface area (TPSA) is 64.4 Å². The molecule has 1 aliphatic carbocycles. The smallest absolute Gasteiger partial charge is 0.240 e. The highest BCUT2D eigenvalue weighted by atomic mass is 35.5. The first kappa shape index (κ1) is 19.3. The molecule has 0 heterocycles. The second-order valence-electron chi connectivity index (χ2n) is 6.43. The van der Waals surface area contributed by atoms with Crippen LogP contribution in [-0.4, -0.2) is 18.0 Å². The number of amides is 1. The summed E-state index contributed by atoms with van der Waals surface area (Å²) in [6.07, 6.45) is 3.44. The summed E-state index contributed by atoms with van der Waals surface area (Å²) in [5, 5.41) is 2.94. The summed E-state index contributed by atoms with van der Waals surface area (Å²) in [4.78, 5) is 12.0. The van der Waals surface area contributed by atoms with Gasteiger partial charge in [-0.1, -0.05) is 42.5 Å². The highest BCUT2D eigenvalue weighted by molar-refractivity contribution is 5.87. The highest BCUT2D eigenvalue weighted by Crippen LogP contribution is 2.28. The third-order valence-electron chi connectivity index (χ3n) is 4.57. The molecule has 0 aliphatic heterocycles. The first-order valence-electron chi connectivity index (χ1n) is 8.49. The minimum absolute atomic E-state index is 0. The van der Waals surface area contributed by atoms with Gasteiger partial charge >= 0.3 is 0 Å². The number of carbonyl (C=O) groups excluding carboxylic acids is 1. The van der Waals surface area contributed by atoms with E-state index >= 15 is 0 Å². The van der Waals surface area contributed by atoms with Crippen LogP contribution in [0.25, 0.3) is 0 Å². The van der Waals surface area contributed by atoms with Gasteiger partial charge in [-0.15, -0.1) is 12.4 Å². The number of carbonyl (C=O) groups is 1. The Morgan fingerprint density at radius 2 is 1.72 bits per heavy atom. The Morgan fingerprint density at radius 1 is 1.04 bits per heavy atom. The maximum Gasteiger partial charge on any atom is 0.240 e. The summed E-state index contributed by atoms with van der Waals surface area (Å²) in [5.41, 5.74) is 7.70. The van der Waals surface area contributed by atoms with Crippen LogP contribution >= 0.6 is 12.4 Å². The summed E-state index contributed by atoms with van der Waals surface area (Å²) in [7, 11) is 0. The quantitative estimate of drug-likeness (QED) is 0.796. The zero-order valence-corrected chi connectivity index (χ0v) is 15.1. The van der Waals surface area contributed by atoms with Crippen LogP contribution < -0.4 is 15.8 Å². The van der Waals surface area contributed by atoms with Gasteiger partial charge in [0.25, 0.3) is 0 Å². The van der Waals surface area contributed by atoms with Crippen molar-refractivity contribution in [3.05, 3.63) is 65.7 Å². The number of benzene rings is 2. The van der Waals surface area contributed by atoms with Crippen LogP contribution in [0.3, 0.4) is 0 Å². The minimum atomic E-state index is -0.616. The molecule has 0 aromatic heterocycles. The lowest BCUT2D eigenvalue weighted by Gasteiger charge is -2.36. The Kier molecular flexibility index (Phi) is 6.85. The number of rotatable bonds is 7. The Balaban J connectivity index is 0.00000225. The van der Waals surface area contributed by atoms with Gasteiger partial charge in [-0.3, -0.25) is 4.79 Å². The van der Waals surface area contributed by atoms with Crippen molar-refractivity contribution >= 4 is 18.3 Å². The largest absolute Gasteiger partial charge is 0.489 e. The molecule has 1 amide bonds. The van der Waals surface area contributed by atoms with E-state index in [1.54, 1.807) is 0 Å². The molecule has 2 aromatic carbocycles. The molecule has 3 N–H and O–H groups in total. The van der Waals surface area contributed by atoms with Gasteiger partial charge in [0.15, 0.2) is 0 Å². The number of halogens is 1. The maximum absolute atomic E-state index is 12.0. The highest BCUT2D eigenvalue weighted by Gasteiger charge is 2.39. The predicted molar refractivity (Wildman–Crippen MR) is 102 cm³/mol. The van der Waals surface area contributed by atoms with E-state index in [0.717, 1.165) is 37.0 Å². The minimum Gasteiger partial charge on any atom is -0.489 e. The monoisotopic (exact) mass is 360 g/mol. The number of hydrogen-bond donors (Lipinski definition) is 2. The van der Waals surface area contributed by atoms with Crippen LogP contribution in [0.2, 0.25) is 0 Å². The van der Waals surface area contributed by atoms with Gasteiger partial charge in [0, 0.05) is 6.54 Å². The van der Waals surface area contributed by atoms with Crippen LogP contribution in [0.5, 0.6) is 5.75 Å². The molecule has 0 radical (unpaired) electrons. The van der Waals surface area contributed by atoms with Gasteiger partial charge in [-0.05, 0) is 48.9 Å². The predicted octanol–water partition coefficient (Wildman–Crippen LogP) is 3.23. The van der Waals surface area contributed by atoms with Crippen LogP contribution in [0.15, 0.2) is 54.6 Å². The summed E-state index contributed by atoms with van der Waals surface area (Å²) >= 11 is 0. The summed E-state index contributed by atoms with van der Waals surface area (Å²) in [5.74, 6) is 0.832. The van der Waals surface area contributed by atoms with Gasteiger partial charge in [0.2, 0.25) is 5.91 Å². The van der Waals surface area contributed by atoms with Gasteiger partial charge < -0.3 is 15.8 Å². The molecule has 134 valence electrons. The molecule has 0 spiro atoms. The number of nitrogens with one attached hydrogen (secondary N) is 1. The van der Waals surface area contributed by atoms with Gasteiger partial charge in [0.1, 0.15) is 12.4 Å². The second-order valence-corrected chi connectivity index (χ2v) is 6.43. The zero-order chi connectivity index (χ0) is 16.8. The molecule has 1 fully saturated rings. The van der Waals surface area contributed by atoms with E-state index in [4.69, 9.17) is 10.5 Å². The van der Waals surface area contributed by atoms with E-state index < -0.39 is 5.54 Å². The molecule has 4 nitrogen and oxygen atoms in total. The molecule has 0 atom stereocenters. The van der Waals surface area contributed by atoms with Crippen LogP contribution in [0.4, 0.5) is 0 Å². The SMILES string of the molecule is Cl.NC1(C(=O)NCCc2ccc(OCc3ccccc3)cc2)CCC1. The molecule has 25 heavy (non-hydrogen) atoms. The average molecular weight is 361 g/mol. The molecule has 0 bridgehead atoms. The first-order chi connectivity index (χ1) is 11.7. The lowest BCUT2D eigenvalue weighted by molar-refractivity contribution is -0.129. The fourth-order valence-electron chi connectivity index (χ4n) is 2.77.